The zero-order valence-electron chi connectivity index (χ0n) is 9.92. The molecule has 98 valence electrons. The fourth-order valence-corrected chi connectivity index (χ4v) is 1.92. The lowest BCUT2D eigenvalue weighted by atomic mass is 10.1. The van der Waals surface area contributed by atoms with Crippen molar-refractivity contribution in [3.63, 3.8) is 0 Å². The number of aromatic nitrogens is 3. The number of carbonyl (C=O) groups is 2. The summed E-state index contributed by atoms with van der Waals surface area (Å²) in [6.07, 6.45) is 1.21. The molecule has 0 bridgehead atoms. The van der Waals surface area contributed by atoms with Crippen LogP contribution >= 0.6 is 0 Å². The van der Waals surface area contributed by atoms with Crippen LogP contribution in [0.5, 0.6) is 0 Å². The van der Waals surface area contributed by atoms with Crippen LogP contribution in [0.25, 0.3) is 0 Å². The van der Waals surface area contributed by atoms with Crippen molar-refractivity contribution >= 4 is 11.9 Å². The molecule has 2 rings (SSSR count). The predicted octanol–water partition coefficient (Wildman–Crippen LogP) is -0.426. The highest BCUT2D eigenvalue weighted by Gasteiger charge is 2.30. The number of amides is 1. The fourth-order valence-electron chi connectivity index (χ4n) is 1.92. The molecule has 0 saturated carbocycles. The van der Waals surface area contributed by atoms with E-state index in [-0.39, 0.29) is 24.2 Å². The molecule has 8 heteroatoms. The van der Waals surface area contributed by atoms with Crippen molar-refractivity contribution in [1.29, 1.82) is 0 Å². The van der Waals surface area contributed by atoms with Crippen molar-refractivity contribution in [3.05, 3.63) is 11.4 Å². The summed E-state index contributed by atoms with van der Waals surface area (Å²) in [6, 6.07) is 0. The van der Waals surface area contributed by atoms with Gasteiger partial charge in [-0.25, -0.2) is 9.48 Å². The summed E-state index contributed by atoms with van der Waals surface area (Å²) in [5, 5.41) is 18.8. The van der Waals surface area contributed by atoms with E-state index in [0.717, 1.165) is 6.42 Å². The summed E-state index contributed by atoms with van der Waals surface area (Å²) in [6.45, 7) is 0.515. The van der Waals surface area contributed by atoms with E-state index < -0.39 is 5.97 Å². The first kappa shape index (κ1) is 12.5. The second-order valence-corrected chi connectivity index (χ2v) is 3.96. The minimum absolute atomic E-state index is 0.0635. The number of nitrogens with zero attached hydrogens (tertiary/aromatic N) is 3. The van der Waals surface area contributed by atoms with Gasteiger partial charge in [-0.05, 0) is 12.8 Å². The molecule has 1 aliphatic heterocycles. The highest BCUT2D eigenvalue weighted by molar-refractivity contribution is 5.86. The minimum atomic E-state index is -1.16. The normalized spacial score (nSPS) is 18.8. The molecule has 8 nitrogen and oxygen atoms in total. The number of likely N-dealkylation sites (N-methyl/N-ethyl adjacent to an activating group) is 1. The largest absolute Gasteiger partial charge is 0.476 e. The molecule has 1 unspecified atom stereocenters. The molecule has 1 amide bonds. The Labute approximate surface area is 103 Å². The van der Waals surface area contributed by atoms with Crippen LogP contribution in [0.15, 0.2) is 0 Å². The maximum atomic E-state index is 11.3. The molecular formula is C10H14N4O4. The van der Waals surface area contributed by atoms with Gasteiger partial charge in [-0.2, -0.15) is 0 Å². The van der Waals surface area contributed by atoms with Gasteiger partial charge in [-0.3, -0.25) is 4.79 Å². The molecular weight excluding hydrogens is 240 g/mol. The first-order valence-corrected chi connectivity index (χ1v) is 5.62. The molecule has 2 heterocycles. The van der Waals surface area contributed by atoms with Crippen LogP contribution in [0, 0.1) is 0 Å². The highest BCUT2D eigenvalue weighted by atomic mass is 16.5. The second kappa shape index (κ2) is 5.13. The standard InChI is InChI=1S/C10H14N4O4/c1-11-7(15)5-14-9(6-3-2-4-18-6)8(10(16)17)12-13-14/h6H,2-5H2,1H3,(H,11,15)(H,16,17). The van der Waals surface area contributed by atoms with E-state index in [0.29, 0.717) is 18.7 Å². The number of carbonyl (C=O) groups excluding carboxylic acids is 1. The third kappa shape index (κ3) is 2.33. The van der Waals surface area contributed by atoms with Crippen LogP contribution in [0.4, 0.5) is 0 Å². The van der Waals surface area contributed by atoms with E-state index in [1.807, 2.05) is 0 Å². The summed E-state index contributed by atoms with van der Waals surface area (Å²) in [4.78, 5) is 22.4. The minimum Gasteiger partial charge on any atom is -0.476 e. The Kier molecular flexibility index (Phi) is 3.56. The Morgan fingerprint density at radius 3 is 2.94 bits per heavy atom. The number of carboxylic acid groups (broad SMARTS) is 1. The van der Waals surface area contributed by atoms with Crippen LogP contribution in [0.2, 0.25) is 0 Å². The van der Waals surface area contributed by atoms with Gasteiger partial charge >= 0.3 is 5.97 Å². The van der Waals surface area contributed by atoms with Gasteiger partial charge in [0.1, 0.15) is 18.3 Å². The average Bonchev–Trinajstić information content (AvgIpc) is 2.96. The number of hydrogen-bond acceptors (Lipinski definition) is 5. The van der Waals surface area contributed by atoms with Gasteiger partial charge < -0.3 is 15.2 Å². The smallest absolute Gasteiger partial charge is 0.358 e. The molecule has 1 fully saturated rings. The Morgan fingerprint density at radius 2 is 2.39 bits per heavy atom. The predicted molar refractivity (Wildman–Crippen MR) is 59.0 cm³/mol. The third-order valence-electron chi connectivity index (χ3n) is 2.78. The summed E-state index contributed by atoms with van der Waals surface area (Å²) in [5.74, 6) is -1.43. The topological polar surface area (TPSA) is 106 Å². The van der Waals surface area contributed by atoms with Crippen LogP contribution in [0.3, 0.4) is 0 Å². The van der Waals surface area contributed by atoms with Gasteiger partial charge in [-0.1, -0.05) is 5.21 Å². The molecule has 18 heavy (non-hydrogen) atoms. The van der Waals surface area contributed by atoms with Crippen molar-refractivity contribution < 1.29 is 19.4 Å². The van der Waals surface area contributed by atoms with E-state index in [1.54, 1.807) is 0 Å². The number of hydrogen-bond donors (Lipinski definition) is 2. The van der Waals surface area contributed by atoms with E-state index in [2.05, 4.69) is 15.6 Å². The van der Waals surface area contributed by atoms with E-state index in [4.69, 9.17) is 9.84 Å². The molecule has 0 radical (unpaired) electrons. The highest BCUT2D eigenvalue weighted by Crippen LogP contribution is 2.29. The van der Waals surface area contributed by atoms with Crippen molar-refractivity contribution in [1.82, 2.24) is 20.3 Å². The SMILES string of the molecule is CNC(=O)Cn1nnc(C(=O)O)c1C1CCCO1. The average molecular weight is 254 g/mol. The van der Waals surface area contributed by atoms with Crippen LogP contribution in [0.1, 0.15) is 35.1 Å². The molecule has 0 aromatic carbocycles. The van der Waals surface area contributed by atoms with Gasteiger partial charge in [-0.15, -0.1) is 5.10 Å². The van der Waals surface area contributed by atoms with Gasteiger partial charge in [0.15, 0.2) is 5.69 Å². The van der Waals surface area contributed by atoms with Gasteiger partial charge in [0.2, 0.25) is 5.91 Å². The molecule has 1 aromatic heterocycles. The summed E-state index contributed by atoms with van der Waals surface area (Å²) in [5.41, 5.74) is 0.217. The van der Waals surface area contributed by atoms with Crippen LogP contribution in [-0.4, -0.2) is 45.6 Å². The fraction of sp³-hybridized carbons (Fsp3) is 0.600. The number of carboxylic acids is 1. The molecule has 1 atom stereocenters. The van der Waals surface area contributed by atoms with Gasteiger partial charge in [0.05, 0.1) is 0 Å². The third-order valence-corrected chi connectivity index (χ3v) is 2.78. The number of ether oxygens (including phenoxy) is 1. The first-order chi connectivity index (χ1) is 8.63. The Bertz CT molecular complexity index is 464. The van der Waals surface area contributed by atoms with Crippen LogP contribution in [-0.2, 0) is 16.1 Å². The lowest BCUT2D eigenvalue weighted by Crippen LogP contribution is -2.26. The Morgan fingerprint density at radius 1 is 1.61 bits per heavy atom. The zero-order valence-corrected chi connectivity index (χ0v) is 9.92. The van der Waals surface area contributed by atoms with Crippen molar-refractivity contribution in [2.75, 3.05) is 13.7 Å². The van der Waals surface area contributed by atoms with Crippen molar-refractivity contribution in [2.24, 2.45) is 0 Å². The molecule has 0 aliphatic carbocycles. The lowest BCUT2D eigenvalue weighted by Gasteiger charge is -2.11. The maximum Gasteiger partial charge on any atom is 0.358 e. The molecule has 1 aliphatic rings. The summed E-state index contributed by atoms with van der Waals surface area (Å²) in [7, 11) is 1.50. The van der Waals surface area contributed by atoms with Crippen molar-refractivity contribution in [3.8, 4) is 0 Å². The van der Waals surface area contributed by atoms with E-state index >= 15 is 0 Å². The quantitative estimate of drug-likeness (QED) is 0.755. The van der Waals surface area contributed by atoms with Crippen molar-refractivity contribution in [2.45, 2.75) is 25.5 Å². The first-order valence-electron chi connectivity index (χ1n) is 5.62. The Hall–Kier alpha value is -1.96. The summed E-state index contributed by atoms with van der Waals surface area (Å²) < 4.78 is 6.74. The monoisotopic (exact) mass is 254 g/mol. The van der Waals surface area contributed by atoms with Crippen LogP contribution < -0.4 is 5.32 Å². The molecule has 1 aromatic rings. The zero-order chi connectivity index (χ0) is 13.1. The maximum absolute atomic E-state index is 11.3. The summed E-state index contributed by atoms with van der Waals surface area (Å²) >= 11 is 0. The number of aromatic carboxylic acids is 1. The lowest BCUT2D eigenvalue weighted by molar-refractivity contribution is -0.121. The van der Waals surface area contributed by atoms with E-state index in [1.165, 1.54) is 11.7 Å². The Balaban J connectivity index is 2.33. The van der Waals surface area contributed by atoms with E-state index in [9.17, 15) is 9.59 Å². The molecule has 2 N–H and O–H groups in total. The van der Waals surface area contributed by atoms with Gasteiger partial charge in [0, 0.05) is 13.7 Å². The number of nitrogens with one attached hydrogen (secondary N) is 1. The van der Waals surface area contributed by atoms with Gasteiger partial charge in [0.25, 0.3) is 0 Å². The number of rotatable bonds is 4. The molecule has 1 saturated heterocycles. The second-order valence-electron chi connectivity index (χ2n) is 3.96. The molecule has 0 spiro atoms.